The number of hydrogen-bond acceptors (Lipinski definition) is 5. The van der Waals surface area contributed by atoms with Crippen molar-refractivity contribution in [3.8, 4) is 17.6 Å². The Morgan fingerprint density at radius 1 is 1.17 bits per heavy atom. The Morgan fingerprint density at radius 2 is 1.88 bits per heavy atom. The summed E-state index contributed by atoms with van der Waals surface area (Å²) >= 11 is 11.7. The van der Waals surface area contributed by atoms with Crippen LogP contribution in [0, 0.1) is 11.3 Å². The third-order valence-electron chi connectivity index (χ3n) is 3.11. The van der Waals surface area contributed by atoms with Gasteiger partial charge in [-0.25, -0.2) is 8.42 Å². The number of phenols is 2. The van der Waals surface area contributed by atoms with E-state index in [-0.39, 0.29) is 22.1 Å². The van der Waals surface area contributed by atoms with Crippen LogP contribution in [0.1, 0.15) is 11.1 Å². The second-order valence-corrected chi connectivity index (χ2v) is 7.66. The number of hydrogen-bond donors (Lipinski definition) is 2. The summed E-state index contributed by atoms with van der Waals surface area (Å²) in [4.78, 5) is -0.533. The predicted molar refractivity (Wildman–Crippen MR) is 92.4 cm³/mol. The maximum absolute atomic E-state index is 12.4. The number of aromatic hydroxyl groups is 2. The summed E-state index contributed by atoms with van der Waals surface area (Å²) in [6.07, 6.45) is 1.04. The lowest BCUT2D eigenvalue weighted by molar-refractivity contribution is 0.450. The van der Waals surface area contributed by atoms with Crippen LogP contribution in [-0.4, -0.2) is 18.6 Å². The molecule has 0 aromatic heterocycles. The molecule has 0 amide bonds. The number of allylic oxidation sites excluding steroid dienone is 1. The molecule has 0 saturated heterocycles. The van der Waals surface area contributed by atoms with Crippen LogP contribution in [0.25, 0.3) is 6.08 Å². The second kappa shape index (κ2) is 7.14. The lowest BCUT2D eigenvalue weighted by Crippen LogP contribution is -2.07. The van der Waals surface area contributed by atoms with E-state index in [2.05, 4.69) is 0 Å². The minimum atomic E-state index is -3.99. The molecule has 2 rings (SSSR count). The highest BCUT2D eigenvalue weighted by Crippen LogP contribution is 2.28. The molecule has 24 heavy (non-hydrogen) atoms. The lowest BCUT2D eigenvalue weighted by atomic mass is 10.2. The van der Waals surface area contributed by atoms with E-state index in [1.54, 1.807) is 6.07 Å². The summed E-state index contributed by atoms with van der Waals surface area (Å²) < 4.78 is 24.9. The highest BCUT2D eigenvalue weighted by atomic mass is 35.5. The van der Waals surface area contributed by atoms with Gasteiger partial charge in [0.2, 0.25) is 0 Å². The largest absolute Gasteiger partial charge is 0.508 e. The van der Waals surface area contributed by atoms with Gasteiger partial charge < -0.3 is 10.2 Å². The van der Waals surface area contributed by atoms with E-state index in [4.69, 9.17) is 23.2 Å². The van der Waals surface area contributed by atoms with Crippen molar-refractivity contribution < 1.29 is 18.6 Å². The number of sulfone groups is 1. The van der Waals surface area contributed by atoms with Gasteiger partial charge in [-0.3, -0.25) is 0 Å². The highest BCUT2D eigenvalue weighted by molar-refractivity contribution is 7.95. The molecule has 2 aromatic carbocycles. The van der Waals surface area contributed by atoms with E-state index in [1.807, 2.05) is 0 Å². The van der Waals surface area contributed by atoms with Gasteiger partial charge in [0.1, 0.15) is 22.5 Å². The molecule has 0 radical (unpaired) electrons. The zero-order chi connectivity index (χ0) is 17.9. The molecule has 0 aliphatic heterocycles. The van der Waals surface area contributed by atoms with E-state index in [0.29, 0.717) is 10.6 Å². The topological polar surface area (TPSA) is 98.4 Å². The molecular weight excluding hydrogens is 373 g/mol. The summed E-state index contributed by atoms with van der Waals surface area (Å²) in [5, 5.41) is 28.7. The number of halogens is 2. The summed E-state index contributed by atoms with van der Waals surface area (Å²) in [5.74, 6) is -1.01. The number of rotatable bonds is 4. The van der Waals surface area contributed by atoms with Crippen LogP contribution in [0.4, 0.5) is 0 Å². The summed E-state index contributed by atoms with van der Waals surface area (Å²) in [6.45, 7) is 0. The van der Waals surface area contributed by atoms with Crippen molar-refractivity contribution >= 4 is 39.1 Å². The monoisotopic (exact) mass is 383 g/mol. The third kappa shape index (κ3) is 4.20. The molecule has 0 heterocycles. The van der Waals surface area contributed by atoms with Crippen molar-refractivity contribution in [1.82, 2.24) is 0 Å². The minimum Gasteiger partial charge on any atom is -0.508 e. The molecule has 0 bridgehead atoms. The van der Waals surface area contributed by atoms with E-state index in [0.717, 1.165) is 12.1 Å². The smallest absolute Gasteiger partial charge is 0.192 e. The first-order valence-corrected chi connectivity index (χ1v) is 8.94. The number of nitrogens with zero attached hydrogens (tertiary/aromatic N) is 1. The Balaban J connectivity index is 2.41. The SMILES string of the molecule is N#C/C(=C\c1ccc(O)cc1O)S(=O)(=O)Cc1ccc(Cl)cc1Cl. The Bertz CT molecular complexity index is 963. The normalized spacial score (nSPS) is 12.0. The van der Waals surface area contributed by atoms with Gasteiger partial charge >= 0.3 is 0 Å². The van der Waals surface area contributed by atoms with Crippen LogP contribution in [-0.2, 0) is 15.6 Å². The molecule has 0 saturated carbocycles. The van der Waals surface area contributed by atoms with Crippen LogP contribution in [0.15, 0.2) is 41.3 Å². The lowest BCUT2D eigenvalue weighted by Gasteiger charge is -2.07. The molecule has 5 nitrogen and oxygen atoms in total. The predicted octanol–water partition coefficient (Wildman–Crippen LogP) is 3.88. The van der Waals surface area contributed by atoms with Gasteiger partial charge in [0.05, 0.1) is 5.75 Å². The average Bonchev–Trinajstić information content (AvgIpc) is 2.49. The molecule has 2 N–H and O–H groups in total. The van der Waals surface area contributed by atoms with Crippen LogP contribution in [0.3, 0.4) is 0 Å². The minimum absolute atomic E-state index is 0.0927. The van der Waals surface area contributed by atoms with Crippen molar-refractivity contribution in [2.45, 2.75) is 5.75 Å². The first-order chi connectivity index (χ1) is 11.2. The van der Waals surface area contributed by atoms with Crippen LogP contribution in [0.2, 0.25) is 10.0 Å². The fourth-order valence-corrected chi connectivity index (χ4v) is 3.72. The molecule has 0 aliphatic carbocycles. The summed E-state index contributed by atoms with van der Waals surface area (Å²) in [7, 11) is -3.99. The molecule has 0 unspecified atom stereocenters. The zero-order valence-electron chi connectivity index (χ0n) is 12.1. The van der Waals surface area contributed by atoms with Crippen molar-refractivity contribution in [1.29, 1.82) is 5.26 Å². The van der Waals surface area contributed by atoms with E-state index >= 15 is 0 Å². The van der Waals surface area contributed by atoms with Gasteiger partial charge in [-0.05, 0) is 35.9 Å². The van der Waals surface area contributed by atoms with Gasteiger partial charge in [0.15, 0.2) is 9.84 Å². The third-order valence-corrected chi connectivity index (χ3v) is 5.26. The van der Waals surface area contributed by atoms with Crippen molar-refractivity contribution in [3.05, 3.63) is 62.5 Å². The fraction of sp³-hybridized carbons (Fsp3) is 0.0625. The number of benzene rings is 2. The quantitative estimate of drug-likeness (QED) is 0.780. The average molecular weight is 384 g/mol. The van der Waals surface area contributed by atoms with Crippen molar-refractivity contribution in [2.24, 2.45) is 0 Å². The maximum atomic E-state index is 12.4. The highest BCUT2D eigenvalue weighted by Gasteiger charge is 2.21. The van der Waals surface area contributed by atoms with Gasteiger partial charge in [-0.2, -0.15) is 5.26 Å². The second-order valence-electron chi connectivity index (χ2n) is 4.86. The standard InChI is InChI=1S/C16H11Cl2NO4S/c17-12-3-1-11(15(18)6-12)9-24(22,23)14(8-19)5-10-2-4-13(20)7-16(10)21/h1-7,20-21H,9H2/b14-5+. The van der Waals surface area contributed by atoms with Crippen molar-refractivity contribution in [3.63, 3.8) is 0 Å². The Morgan fingerprint density at radius 3 is 2.46 bits per heavy atom. The zero-order valence-corrected chi connectivity index (χ0v) is 14.4. The number of nitriles is 1. The first-order valence-electron chi connectivity index (χ1n) is 6.53. The molecule has 8 heteroatoms. The van der Waals surface area contributed by atoms with E-state index in [1.165, 1.54) is 30.3 Å². The van der Waals surface area contributed by atoms with Gasteiger partial charge in [-0.1, -0.05) is 29.3 Å². The van der Waals surface area contributed by atoms with Gasteiger partial charge in [0, 0.05) is 21.7 Å². The fourth-order valence-electron chi connectivity index (χ4n) is 1.91. The van der Waals surface area contributed by atoms with Crippen LogP contribution < -0.4 is 0 Å². The Kier molecular flexibility index (Phi) is 5.40. The van der Waals surface area contributed by atoms with Crippen LogP contribution >= 0.6 is 23.2 Å². The maximum Gasteiger partial charge on any atom is 0.192 e. The van der Waals surface area contributed by atoms with E-state index in [9.17, 15) is 23.9 Å². The molecular formula is C16H11Cl2NO4S. The Labute approximate surface area is 148 Å². The molecule has 0 spiro atoms. The van der Waals surface area contributed by atoms with Crippen molar-refractivity contribution in [2.75, 3.05) is 0 Å². The first kappa shape index (κ1) is 18.1. The van der Waals surface area contributed by atoms with E-state index < -0.39 is 20.5 Å². The van der Waals surface area contributed by atoms with Gasteiger partial charge in [0.25, 0.3) is 0 Å². The molecule has 2 aromatic rings. The molecule has 0 fully saturated rings. The summed E-state index contributed by atoms with van der Waals surface area (Å²) in [6, 6.07) is 9.60. The summed E-state index contributed by atoms with van der Waals surface area (Å²) in [5.41, 5.74) is 0.396. The molecule has 0 aliphatic rings. The van der Waals surface area contributed by atoms with Gasteiger partial charge in [-0.15, -0.1) is 0 Å². The van der Waals surface area contributed by atoms with Crippen LogP contribution in [0.5, 0.6) is 11.5 Å². The number of phenolic OH excluding ortho intramolecular Hbond substituents is 2. The molecule has 124 valence electrons. The molecule has 0 atom stereocenters. The Hall–Kier alpha value is -2.20.